The maximum Gasteiger partial charge on any atom is 0.169 e. The average molecular weight is 287 g/mol. The molecule has 0 aromatic carbocycles. The summed E-state index contributed by atoms with van der Waals surface area (Å²) in [5.74, 6) is -0.241. The molecule has 0 amide bonds. The van der Waals surface area contributed by atoms with Crippen molar-refractivity contribution >= 4 is 0 Å². The lowest BCUT2D eigenvalue weighted by Gasteiger charge is -2.22. The molecular weight excluding hydrogens is 263 g/mol. The van der Waals surface area contributed by atoms with Crippen LogP contribution in [0.4, 0.5) is 4.39 Å². The lowest BCUT2D eigenvalue weighted by Crippen LogP contribution is -2.43. The van der Waals surface area contributed by atoms with Gasteiger partial charge in [0, 0.05) is 23.9 Å². The predicted molar refractivity (Wildman–Crippen MR) is 82.6 cm³/mol. The minimum Gasteiger partial charge on any atom is -0.262 e. The summed E-state index contributed by atoms with van der Waals surface area (Å²) >= 11 is 0. The average Bonchev–Trinajstić information content (AvgIpc) is 2.38. The topological polar surface area (TPSA) is 16.8 Å². The second-order valence-corrected chi connectivity index (χ2v) is 7.25. The highest BCUT2D eigenvalue weighted by Gasteiger charge is 2.29. The Morgan fingerprint density at radius 1 is 1.05 bits per heavy atom. The van der Waals surface area contributed by atoms with Crippen LogP contribution in [0.25, 0.3) is 0 Å². The zero-order chi connectivity index (χ0) is 15.7. The van der Waals surface area contributed by atoms with Crippen molar-refractivity contribution in [2.75, 3.05) is 0 Å². The molecule has 0 radical (unpaired) electrons. The molecule has 2 aromatic rings. The van der Waals surface area contributed by atoms with Gasteiger partial charge in [-0.15, -0.1) is 0 Å². The minimum atomic E-state index is -0.291. The predicted octanol–water partition coefficient (Wildman–Crippen LogP) is 3.78. The van der Waals surface area contributed by atoms with E-state index >= 15 is 0 Å². The Morgan fingerprint density at radius 2 is 1.67 bits per heavy atom. The number of hydrogen-bond donors (Lipinski definition) is 0. The summed E-state index contributed by atoms with van der Waals surface area (Å²) in [6.07, 6.45) is 7.07. The minimum absolute atomic E-state index is 0.145. The van der Waals surface area contributed by atoms with Crippen LogP contribution >= 0.6 is 0 Å². The number of pyridine rings is 2. The molecular formula is C18H24FN2+. The molecule has 0 saturated heterocycles. The van der Waals surface area contributed by atoms with E-state index < -0.39 is 0 Å². The first-order valence-electron chi connectivity index (χ1n) is 7.30. The highest BCUT2D eigenvalue weighted by atomic mass is 19.1. The Morgan fingerprint density at radius 3 is 2.19 bits per heavy atom. The van der Waals surface area contributed by atoms with Crippen LogP contribution in [0.3, 0.4) is 0 Å². The highest BCUT2D eigenvalue weighted by Crippen LogP contribution is 2.25. The van der Waals surface area contributed by atoms with Gasteiger partial charge in [0.25, 0.3) is 0 Å². The zero-order valence-corrected chi connectivity index (χ0v) is 13.5. The standard InChI is InChI=1S/C18H24FN2/c1-17(2,3)14-7-10-21(11-8-14)13-18(4,5)15-6-9-20-12-16(15)19/h6-12H,13H2,1-5H3/q+1. The van der Waals surface area contributed by atoms with Gasteiger partial charge in [-0.3, -0.25) is 4.98 Å². The van der Waals surface area contributed by atoms with E-state index in [2.05, 4.69) is 68.7 Å². The van der Waals surface area contributed by atoms with Crippen LogP contribution in [0.1, 0.15) is 45.7 Å². The molecule has 2 rings (SSSR count). The first kappa shape index (κ1) is 15.6. The molecule has 0 unspecified atom stereocenters. The fraction of sp³-hybridized carbons (Fsp3) is 0.444. The lowest BCUT2D eigenvalue weighted by atomic mass is 9.84. The van der Waals surface area contributed by atoms with E-state index in [1.807, 2.05) is 0 Å². The van der Waals surface area contributed by atoms with Crippen LogP contribution in [0.15, 0.2) is 43.0 Å². The molecule has 0 aliphatic heterocycles. The summed E-state index contributed by atoms with van der Waals surface area (Å²) in [4.78, 5) is 3.82. The van der Waals surface area contributed by atoms with Gasteiger partial charge in [-0.1, -0.05) is 20.8 Å². The molecule has 2 nitrogen and oxygen atoms in total. The first-order chi connectivity index (χ1) is 9.70. The Hall–Kier alpha value is -1.77. The van der Waals surface area contributed by atoms with E-state index in [0.717, 1.165) is 6.54 Å². The fourth-order valence-electron chi connectivity index (χ4n) is 2.53. The monoisotopic (exact) mass is 287 g/mol. The number of hydrogen-bond acceptors (Lipinski definition) is 1. The molecule has 21 heavy (non-hydrogen) atoms. The van der Waals surface area contributed by atoms with E-state index in [1.54, 1.807) is 12.3 Å². The Labute approximate surface area is 126 Å². The van der Waals surface area contributed by atoms with Gasteiger partial charge in [-0.25, -0.2) is 8.96 Å². The van der Waals surface area contributed by atoms with Crippen LogP contribution in [-0.2, 0) is 17.4 Å². The van der Waals surface area contributed by atoms with Gasteiger partial charge in [0.1, 0.15) is 5.82 Å². The van der Waals surface area contributed by atoms with Crippen molar-refractivity contribution in [2.24, 2.45) is 0 Å². The summed E-state index contributed by atoms with van der Waals surface area (Å²) in [6.45, 7) is 11.4. The normalized spacial score (nSPS) is 12.5. The number of aromatic nitrogens is 2. The van der Waals surface area contributed by atoms with E-state index in [4.69, 9.17) is 0 Å². The van der Waals surface area contributed by atoms with E-state index in [9.17, 15) is 4.39 Å². The van der Waals surface area contributed by atoms with Crippen molar-refractivity contribution in [1.82, 2.24) is 4.98 Å². The Kier molecular flexibility index (Phi) is 4.13. The number of nitrogens with zero attached hydrogens (tertiary/aromatic N) is 2. The van der Waals surface area contributed by atoms with Crippen LogP contribution < -0.4 is 4.57 Å². The Balaban J connectivity index is 2.23. The van der Waals surface area contributed by atoms with Gasteiger partial charge >= 0.3 is 0 Å². The maximum atomic E-state index is 13.9. The molecule has 0 atom stereocenters. The second kappa shape index (κ2) is 5.55. The third kappa shape index (κ3) is 3.66. The smallest absolute Gasteiger partial charge is 0.169 e. The summed E-state index contributed by atoms with van der Waals surface area (Å²) in [6, 6.07) is 6.04. The lowest BCUT2D eigenvalue weighted by molar-refractivity contribution is -0.704. The van der Waals surface area contributed by atoms with Crippen molar-refractivity contribution in [3.63, 3.8) is 0 Å². The number of rotatable bonds is 3. The molecule has 0 bridgehead atoms. The Bertz CT molecular complexity index is 610. The quantitative estimate of drug-likeness (QED) is 0.785. The van der Waals surface area contributed by atoms with Crippen molar-refractivity contribution in [3.05, 3.63) is 59.9 Å². The van der Waals surface area contributed by atoms with Gasteiger partial charge in [0.15, 0.2) is 18.9 Å². The van der Waals surface area contributed by atoms with Crippen LogP contribution in [0, 0.1) is 5.82 Å². The van der Waals surface area contributed by atoms with E-state index in [0.29, 0.717) is 5.56 Å². The van der Waals surface area contributed by atoms with E-state index in [-0.39, 0.29) is 16.6 Å². The first-order valence-corrected chi connectivity index (χ1v) is 7.30. The van der Waals surface area contributed by atoms with Gasteiger partial charge in [0.2, 0.25) is 0 Å². The van der Waals surface area contributed by atoms with Gasteiger partial charge in [0.05, 0.1) is 11.6 Å². The summed E-state index contributed by atoms with van der Waals surface area (Å²) in [5, 5.41) is 0. The summed E-state index contributed by atoms with van der Waals surface area (Å²) in [5.41, 5.74) is 1.85. The van der Waals surface area contributed by atoms with Crippen LogP contribution in [-0.4, -0.2) is 4.98 Å². The maximum absolute atomic E-state index is 13.9. The third-order valence-corrected chi connectivity index (χ3v) is 3.84. The van der Waals surface area contributed by atoms with Crippen LogP contribution in [0.2, 0.25) is 0 Å². The summed E-state index contributed by atoms with van der Waals surface area (Å²) in [7, 11) is 0. The molecule has 2 aromatic heterocycles. The molecule has 0 N–H and O–H groups in total. The van der Waals surface area contributed by atoms with Gasteiger partial charge in [-0.05, 0) is 30.9 Å². The second-order valence-electron chi connectivity index (χ2n) is 7.25. The number of halogens is 1. The molecule has 2 heterocycles. The molecule has 0 fully saturated rings. The van der Waals surface area contributed by atoms with Gasteiger partial charge in [-0.2, -0.15) is 0 Å². The van der Waals surface area contributed by atoms with Crippen molar-refractivity contribution in [2.45, 2.75) is 52.0 Å². The van der Waals surface area contributed by atoms with Crippen molar-refractivity contribution < 1.29 is 8.96 Å². The molecule has 112 valence electrons. The molecule has 0 aliphatic carbocycles. The van der Waals surface area contributed by atoms with Crippen molar-refractivity contribution in [1.29, 1.82) is 0 Å². The molecule has 0 aliphatic rings. The fourth-order valence-corrected chi connectivity index (χ4v) is 2.53. The third-order valence-electron chi connectivity index (χ3n) is 3.84. The molecule has 0 saturated carbocycles. The molecule has 0 spiro atoms. The van der Waals surface area contributed by atoms with Gasteiger partial charge < -0.3 is 0 Å². The summed E-state index contributed by atoms with van der Waals surface area (Å²) < 4.78 is 16.0. The molecule has 3 heteroatoms. The zero-order valence-electron chi connectivity index (χ0n) is 13.5. The highest BCUT2D eigenvalue weighted by molar-refractivity contribution is 5.22. The van der Waals surface area contributed by atoms with Crippen molar-refractivity contribution in [3.8, 4) is 0 Å². The largest absolute Gasteiger partial charge is 0.262 e. The SMILES string of the molecule is CC(C)(C)c1cc[n+](CC(C)(C)c2ccncc2F)cc1. The van der Waals surface area contributed by atoms with E-state index in [1.165, 1.54) is 11.8 Å². The van der Waals surface area contributed by atoms with Crippen LogP contribution in [0.5, 0.6) is 0 Å².